The number of hydrogen-bond donors (Lipinski definition) is 2. The number of nitrogens with two attached hydrogens (primary N) is 1. The van der Waals surface area contributed by atoms with Crippen LogP contribution in [0.1, 0.15) is 11.8 Å². The van der Waals surface area contributed by atoms with Crippen molar-refractivity contribution in [3.8, 4) is 5.88 Å². The third-order valence-electron chi connectivity index (χ3n) is 2.14. The molecule has 0 fully saturated rings. The summed E-state index contributed by atoms with van der Waals surface area (Å²) >= 11 is 0. The monoisotopic (exact) mass is 208 g/mol. The number of imidazole rings is 1. The van der Waals surface area contributed by atoms with Gasteiger partial charge in [-0.05, 0) is 6.07 Å². The fraction of sp³-hybridized carbons (Fsp3) is 0.333. The summed E-state index contributed by atoms with van der Waals surface area (Å²) in [7, 11) is 1.53. The predicted molar refractivity (Wildman–Crippen MR) is 53.6 cm³/mol. The van der Waals surface area contributed by atoms with E-state index in [2.05, 4.69) is 10.1 Å². The van der Waals surface area contributed by atoms with E-state index in [1.807, 2.05) is 0 Å². The van der Waals surface area contributed by atoms with Gasteiger partial charge >= 0.3 is 0 Å². The molecule has 0 spiro atoms. The van der Waals surface area contributed by atoms with Gasteiger partial charge in [0.2, 0.25) is 5.88 Å². The van der Waals surface area contributed by atoms with Crippen molar-refractivity contribution in [3.05, 3.63) is 24.0 Å². The van der Waals surface area contributed by atoms with Gasteiger partial charge in [0, 0.05) is 12.6 Å². The summed E-state index contributed by atoms with van der Waals surface area (Å²) in [5.41, 5.74) is 6.59. The number of methoxy groups -OCH3 is 1. The Morgan fingerprint density at radius 3 is 3.07 bits per heavy atom. The summed E-state index contributed by atoms with van der Waals surface area (Å²) in [6, 6.07) is 3.47. The summed E-state index contributed by atoms with van der Waals surface area (Å²) in [6.07, 6.45) is 0.791. The summed E-state index contributed by atoms with van der Waals surface area (Å²) in [5.74, 6) is 0.464. The molecular formula is C9H12N4O2. The lowest BCUT2D eigenvalue weighted by Gasteiger charge is -2.06. The number of hydrogen-bond acceptors (Lipinski definition) is 5. The molecule has 0 aliphatic heterocycles. The molecule has 1 unspecified atom stereocenters. The second kappa shape index (κ2) is 3.84. The maximum Gasteiger partial charge on any atom is 0.231 e. The van der Waals surface area contributed by atoms with Crippen LogP contribution in [0.3, 0.4) is 0 Å². The zero-order valence-electron chi connectivity index (χ0n) is 8.29. The molecule has 6 heteroatoms. The molecule has 0 saturated carbocycles. The molecular weight excluding hydrogens is 196 g/mol. The lowest BCUT2D eigenvalue weighted by Crippen LogP contribution is -2.14. The van der Waals surface area contributed by atoms with Gasteiger partial charge in [-0.25, -0.2) is 9.50 Å². The Kier molecular flexibility index (Phi) is 2.53. The van der Waals surface area contributed by atoms with Crippen LogP contribution >= 0.6 is 0 Å². The summed E-state index contributed by atoms with van der Waals surface area (Å²) in [4.78, 5) is 4.09. The molecule has 3 N–H and O–H groups in total. The molecule has 2 rings (SSSR count). The average Bonchev–Trinajstić information content (AvgIpc) is 2.70. The van der Waals surface area contributed by atoms with Crippen molar-refractivity contribution < 1.29 is 9.84 Å². The molecule has 0 aliphatic carbocycles. The van der Waals surface area contributed by atoms with Crippen LogP contribution < -0.4 is 10.5 Å². The molecule has 15 heavy (non-hydrogen) atoms. The number of aliphatic hydroxyl groups excluding tert-OH is 1. The first-order valence-electron chi connectivity index (χ1n) is 4.53. The van der Waals surface area contributed by atoms with Gasteiger partial charge in [0.1, 0.15) is 6.10 Å². The molecule has 1 atom stereocenters. The Bertz CT molecular complexity index is 468. The maximum atomic E-state index is 9.61. The van der Waals surface area contributed by atoms with Crippen molar-refractivity contribution in [1.82, 2.24) is 14.6 Å². The van der Waals surface area contributed by atoms with Gasteiger partial charge in [-0.3, -0.25) is 0 Å². The van der Waals surface area contributed by atoms with Crippen molar-refractivity contribution in [2.45, 2.75) is 6.10 Å². The van der Waals surface area contributed by atoms with Crippen LogP contribution in [0.4, 0.5) is 0 Å². The number of nitrogens with zero attached hydrogens (tertiary/aromatic N) is 3. The Labute approximate surface area is 86.3 Å². The first kappa shape index (κ1) is 9.88. The van der Waals surface area contributed by atoms with Crippen LogP contribution in [0.25, 0.3) is 5.65 Å². The predicted octanol–water partition coefficient (Wildman–Crippen LogP) is -0.270. The highest BCUT2D eigenvalue weighted by Crippen LogP contribution is 2.15. The van der Waals surface area contributed by atoms with Gasteiger partial charge in [-0.15, -0.1) is 5.10 Å². The highest BCUT2D eigenvalue weighted by Gasteiger charge is 2.12. The third-order valence-corrected chi connectivity index (χ3v) is 2.14. The number of rotatable bonds is 3. The van der Waals surface area contributed by atoms with Gasteiger partial charge in [-0.1, -0.05) is 0 Å². The molecule has 0 bridgehead atoms. The van der Waals surface area contributed by atoms with Gasteiger partial charge in [-0.2, -0.15) is 0 Å². The van der Waals surface area contributed by atoms with Crippen molar-refractivity contribution in [2.24, 2.45) is 5.73 Å². The van der Waals surface area contributed by atoms with Crippen LogP contribution in [-0.4, -0.2) is 33.4 Å². The minimum absolute atomic E-state index is 0.132. The zero-order valence-corrected chi connectivity index (χ0v) is 8.29. The third kappa shape index (κ3) is 1.64. The summed E-state index contributed by atoms with van der Waals surface area (Å²) in [6.45, 7) is 0.132. The Hall–Kier alpha value is -1.66. The van der Waals surface area contributed by atoms with E-state index in [1.165, 1.54) is 11.6 Å². The van der Waals surface area contributed by atoms with Gasteiger partial charge in [0.15, 0.2) is 5.65 Å². The molecule has 6 nitrogen and oxygen atoms in total. The molecule has 2 heterocycles. The highest BCUT2D eigenvalue weighted by atomic mass is 16.5. The number of fused-ring (bicyclic) bond motifs is 1. The van der Waals surface area contributed by atoms with E-state index in [9.17, 15) is 5.11 Å². The number of ether oxygens (including phenoxy) is 1. The van der Waals surface area contributed by atoms with Crippen LogP contribution in [0.5, 0.6) is 5.88 Å². The molecule has 0 saturated heterocycles. The van der Waals surface area contributed by atoms with Crippen LogP contribution in [-0.2, 0) is 0 Å². The summed E-state index contributed by atoms with van der Waals surface area (Å²) in [5, 5.41) is 13.8. The van der Waals surface area contributed by atoms with Gasteiger partial charge < -0.3 is 15.6 Å². The van der Waals surface area contributed by atoms with E-state index in [1.54, 1.807) is 18.3 Å². The van der Waals surface area contributed by atoms with E-state index in [0.29, 0.717) is 17.2 Å². The molecule has 0 radical (unpaired) electrons. The van der Waals surface area contributed by atoms with Crippen molar-refractivity contribution in [3.63, 3.8) is 0 Å². The standard InChI is InChI=1S/C9H12N4O2/c1-15-9-3-2-8-11-5-6(7(14)4-10)13(8)12-9/h2-3,5,7,14H,4,10H2,1H3. The second-order valence-corrected chi connectivity index (χ2v) is 3.08. The lowest BCUT2D eigenvalue weighted by atomic mass is 10.3. The normalized spacial score (nSPS) is 13.0. The van der Waals surface area contributed by atoms with Crippen LogP contribution in [0.15, 0.2) is 18.3 Å². The van der Waals surface area contributed by atoms with Crippen LogP contribution in [0, 0.1) is 0 Å². The Balaban J connectivity index is 2.56. The van der Waals surface area contributed by atoms with Gasteiger partial charge in [0.25, 0.3) is 0 Å². The lowest BCUT2D eigenvalue weighted by molar-refractivity contribution is 0.179. The molecule has 80 valence electrons. The maximum absolute atomic E-state index is 9.61. The molecule has 2 aromatic rings. The van der Waals surface area contributed by atoms with E-state index < -0.39 is 6.10 Å². The topological polar surface area (TPSA) is 85.7 Å². The van der Waals surface area contributed by atoms with E-state index in [4.69, 9.17) is 10.5 Å². The SMILES string of the molecule is COc1ccc2ncc(C(O)CN)n2n1. The van der Waals surface area contributed by atoms with Crippen molar-refractivity contribution in [1.29, 1.82) is 0 Å². The fourth-order valence-corrected chi connectivity index (χ4v) is 1.33. The zero-order chi connectivity index (χ0) is 10.8. The van der Waals surface area contributed by atoms with E-state index in [-0.39, 0.29) is 6.54 Å². The van der Waals surface area contributed by atoms with E-state index >= 15 is 0 Å². The highest BCUT2D eigenvalue weighted by molar-refractivity contribution is 5.40. The minimum Gasteiger partial charge on any atom is -0.480 e. The second-order valence-electron chi connectivity index (χ2n) is 3.08. The molecule has 0 amide bonds. The smallest absolute Gasteiger partial charge is 0.231 e. The van der Waals surface area contributed by atoms with Crippen molar-refractivity contribution in [2.75, 3.05) is 13.7 Å². The number of aliphatic hydroxyl groups is 1. The fourth-order valence-electron chi connectivity index (χ4n) is 1.33. The minimum atomic E-state index is -0.764. The van der Waals surface area contributed by atoms with E-state index in [0.717, 1.165) is 0 Å². The quantitative estimate of drug-likeness (QED) is 0.725. The molecule has 0 aromatic carbocycles. The summed E-state index contributed by atoms with van der Waals surface area (Å²) < 4.78 is 6.51. The molecule has 2 aromatic heterocycles. The van der Waals surface area contributed by atoms with Crippen molar-refractivity contribution >= 4 is 5.65 Å². The molecule has 0 aliphatic rings. The largest absolute Gasteiger partial charge is 0.480 e. The van der Waals surface area contributed by atoms with Crippen LogP contribution in [0.2, 0.25) is 0 Å². The van der Waals surface area contributed by atoms with Gasteiger partial charge in [0.05, 0.1) is 19.0 Å². The average molecular weight is 208 g/mol. The Morgan fingerprint density at radius 1 is 1.60 bits per heavy atom. The number of aromatic nitrogens is 3. The Morgan fingerprint density at radius 2 is 2.40 bits per heavy atom. The first-order valence-corrected chi connectivity index (χ1v) is 4.53. The first-order chi connectivity index (χ1) is 7.26.